The average Bonchev–Trinajstić information content (AvgIpc) is 3.35. The van der Waals surface area contributed by atoms with Gasteiger partial charge in [0, 0.05) is 18.5 Å². The molecule has 6 nitrogen and oxygen atoms in total. The predicted octanol–water partition coefficient (Wildman–Crippen LogP) is 1.23. The van der Waals surface area contributed by atoms with Crippen LogP contribution in [0.2, 0.25) is 0 Å². The van der Waals surface area contributed by atoms with Gasteiger partial charge in [-0.2, -0.15) is 0 Å². The summed E-state index contributed by atoms with van der Waals surface area (Å²) in [6.45, 7) is 5.24. The van der Waals surface area contributed by atoms with Gasteiger partial charge in [-0.15, -0.1) is 11.3 Å². The number of quaternary nitrogens is 1. The molecule has 2 heterocycles. The highest BCUT2D eigenvalue weighted by Gasteiger charge is 2.39. The number of Topliss-reactive ketones (excluding diaryl/α,β-unsaturated/α-hetero) is 1. The number of nitrogens with zero attached hydrogens (tertiary/aromatic N) is 1. The zero-order chi connectivity index (χ0) is 21.7. The molecule has 1 aliphatic rings. The van der Waals surface area contributed by atoms with Crippen LogP contribution in [0, 0.1) is 0 Å². The van der Waals surface area contributed by atoms with Gasteiger partial charge in [0.25, 0.3) is 0 Å². The molecular formula is C23H26N2O4S. The molecule has 0 aliphatic carbocycles. The molecule has 0 radical (unpaired) electrons. The Bertz CT molecular complexity index is 950. The first-order valence-corrected chi connectivity index (χ1v) is 10.7. The molecule has 1 unspecified atom stereocenters. The van der Waals surface area contributed by atoms with Gasteiger partial charge in [-0.3, -0.25) is 9.59 Å². The van der Waals surface area contributed by atoms with Crippen LogP contribution in [0.5, 0.6) is 5.75 Å². The summed E-state index contributed by atoms with van der Waals surface area (Å²) in [5.41, 5.74) is 0.702. The van der Waals surface area contributed by atoms with Crippen molar-refractivity contribution in [2.75, 3.05) is 33.8 Å². The summed E-state index contributed by atoms with van der Waals surface area (Å²) in [6.07, 6.45) is 2.37. The third kappa shape index (κ3) is 4.63. The monoisotopic (exact) mass is 426 g/mol. The van der Waals surface area contributed by atoms with Crippen molar-refractivity contribution in [2.45, 2.75) is 12.5 Å². The minimum Gasteiger partial charge on any atom is -0.868 e. The SMILES string of the molecule is C=CCOc1cccc(C2C(C(=O)c3cccs3)=C([O-])C(=O)N2CCC[NH+](C)C)c1. The number of hydrogen-bond donors (Lipinski definition) is 1. The van der Waals surface area contributed by atoms with E-state index in [0.717, 1.165) is 13.0 Å². The van der Waals surface area contributed by atoms with Crippen LogP contribution in [-0.2, 0) is 4.79 Å². The van der Waals surface area contributed by atoms with Crippen molar-refractivity contribution in [3.05, 3.63) is 76.2 Å². The van der Waals surface area contributed by atoms with E-state index in [1.807, 2.05) is 20.2 Å². The van der Waals surface area contributed by atoms with Crippen LogP contribution in [0.15, 0.2) is 65.8 Å². The van der Waals surface area contributed by atoms with Gasteiger partial charge in [-0.05, 0) is 34.9 Å². The quantitative estimate of drug-likeness (QED) is 0.458. The minimum absolute atomic E-state index is 0.0144. The van der Waals surface area contributed by atoms with E-state index in [-0.39, 0.29) is 11.4 Å². The summed E-state index contributed by atoms with van der Waals surface area (Å²) in [5.74, 6) is -1.12. The van der Waals surface area contributed by atoms with E-state index < -0.39 is 17.7 Å². The highest BCUT2D eigenvalue weighted by molar-refractivity contribution is 7.12. The number of carbonyl (C=O) groups excluding carboxylic acids is 2. The van der Waals surface area contributed by atoms with Gasteiger partial charge in [-0.25, -0.2) is 0 Å². The topological polar surface area (TPSA) is 74.1 Å². The maximum Gasteiger partial charge on any atom is 0.239 e. The van der Waals surface area contributed by atoms with E-state index in [9.17, 15) is 14.7 Å². The van der Waals surface area contributed by atoms with Crippen LogP contribution in [0.25, 0.3) is 0 Å². The molecule has 2 aromatic rings. The molecule has 7 heteroatoms. The third-order valence-corrected chi connectivity index (χ3v) is 5.76. The normalized spacial score (nSPS) is 16.4. The van der Waals surface area contributed by atoms with Crippen LogP contribution in [0.3, 0.4) is 0 Å². The second-order valence-electron chi connectivity index (χ2n) is 7.43. The lowest BCUT2D eigenvalue weighted by Crippen LogP contribution is -3.05. The van der Waals surface area contributed by atoms with Gasteiger partial charge in [-0.1, -0.05) is 30.9 Å². The molecule has 1 aliphatic heterocycles. The first-order valence-electron chi connectivity index (χ1n) is 9.87. The smallest absolute Gasteiger partial charge is 0.239 e. The Labute approximate surface area is 180 Å². The first kappa shape index (κ1) is 21.8. The zero-order valence-electron chi connectivity index (χ0n) is 17.2. The van der Waals surface area contributed by atoms with E-state index in [0.29, 0.717) is 29.3 Å². The number of ether oxygens (including phenoxy) is 1. The molecule has 1 amide bonds. The Morgan fingerprint density at radius 3 is 2.80 bits per heavy atom. The molecule has 1 atom stereocenters. The summed E-state index contributed by atoms with van der Waals surface area (Å²) in [5, 5.41) is 14.7. The number of carbonyl (C=O) groups is 2. The standard InChI is InChI=1S/C23H26N2O4S/c1-4-13-29-17-9-5-8-16(15-17)20-19(21(26)18-10-6-14-30-18)22(27)23(28)25(20)12-7-11-24(2)3/h4-6,8-10,14-15,20,27H,1,7,11-13H2,2-3H3. The van der Waals surface area contributed by atoms with Gasteiger partial charge in [0.05, 0.1) is 31.6 Å². The minimum atomic E-state index is -0.718. The molecule has 1 aromatic carbocycles. The van der Waals surface area contributed by atoms with Gasteiger partial charge in [0.1, 0.15) is 12.4 Å². The average molecular weight is 427 g/mol. The number of amides is 1. The van der Waals surface area contributed by atoms with Crippen LogP contribution in [0.1, 0.15) is 27.7 Å². The Morgan fingerprint density at radius 2 is 2.13 bits per heavy atom. The summed E-state index contributed by atoms with van der Waals surface area (Å²) in [4.78, 5) is 29.3. The Morgan fingerprint density at radius 1 is 1.33 bits per heavy atom. The Hall–Kier alpha value is -2.90. The van der Waals surface area contributed by atoms with Crippen LogP contribution < -0.4 is 14.7 Å². The van der Waals surface area contributed by atoms with Crippen molar-refractivity contribution in [3.63, 3.8) is 0 Å². The predicted molar refractivity (Wildman–Crippen MR) is 115 cm³/mol. The molecule has 0 saturated heterocycles. The molecule has 0 fully saturated rings. The van der Waals surface area contributed by atoms with Crippen LogP contribution >= 0.6 is 11.3 Å². The Kier molecular flexibility index (Phi) is 7.07. The van der Waals surface area contributed by atoms with Crippen molar-refractivity contribution >= 4 is 23.0 Å². The summed E-state index contributed by atoms with van der Waals surface area (Å²) in [7, 11) is 4.07. The van der Waals surface area contributed by atoms with Crippen molar-refractivity contribution in [3.8, 4) is 5.75 Å². The van der Waals surface area contributed by atoms with Crippen molar-refractivity contribution in [1.29, 1.82) is 0 Å². The van der Waals surface area contributed by atoms with Gasteiger partial charge in [0.15, 0.2) is 0 Å². The highest BCUT2D eigenvalue weighted by Crippen LogP contribution is 2.39. The third-order valence-electron chi connectivity index (χ3n) is 4.89. The largest absolute Gasteiger partial charge is 0.868 e. The van der Waals surface area contributed by atoms with Gasteiger partial charge < -0.3 is 19.6 Å². The number of nitrogens with one attached hydrogen (secondary N) is 1. The maximum atomic E-state index is 13.2. The lowest BCUT2D eigenvalue weighted by molar-refractivity contribution is -0.858. The second-order valence-corrected chi connectivity index (χ2v) is 8.38. The van der Waals surface area contributed by atoms with Gasteiger partial charge >= 0.3 is 0 Å². The fourth-order valence-corrected chi connectivity index (χ4v) is 4.20. The number of rotatable bonds is 10. The number of ketones is 1. The van der Waals surface area contributed by atoms with E-state index in [4.69, 9.17) is 4.74 Å². The summed E-state index contributed by atoms with van der Waals surface area (Å²) in [6, 6.07) is 9.92. The maximum absolute atomic E-state index is 13.2. The number of benzene rings is 1. The highest BCUT2D eigenvalue weighted by atomic mass is 32.1. The fourth-order valence-electron chi connectivity index (χ4n) is 3.52. The summed E-state index contributed by atoms with van der Waals surface area (Å²) >= 11 is 1.26. The van der Waals surface area contributed by atoms with E-state index >= 15 is 0 Å². The van der Waals surface area contributed by atoms with Crippen LogP contribution in [0.4, 0.5) is 0 Å². The summed E-state index contributed by atoms with van der Waals surface area (Å²) < 4.78 is 5.62. The van der Waals surface area contributed by atoms with Crippen molar-refractivity contribution < 1.29 is 24.3 Å². The molecule has 0 spiro atoms. The zero-order valence-corrected chi connectivity index (χ0v) is 18.0. The molecule has 3 rings (SSSR count). The molecule has 0 bridgehead atoms. The van der Waals surface area contributed by atoms with Crippen molar-refractivity contribution in [2.24, 2.45) is 0 Å². The van der Waals surface area contributed by atoms with Gasteiger partial charge in [0.2, 0.25) is 11.7 Å². The second kappa shape index (κ2) is 9.73. The van der Waals surface area contributed by atoms with E-state index in [1.54, 1.807) is 41.8 Å². The van der Waals surface area contributed by atoms with E-state index in [2.05, 4.69) is 6.58 Å². The fraction of sp³-hybridized carbons (Fsp3) is 0.304. The first-order chi connectivity index (χ1) is 14.4. The Balaban J connectivity index is 2.00. The lowest BCUT2D eigenvalue weighted by atomic mass is 9.95. The lowest BCUT2D eigenvalue weighted by Gasteiger charge is -2.28. The van der Waals surface area contributed by atoms with Crippen LogP contribution in [-0.4, -0.2) is 50.4 Å². The molecule has 158 valence electrons. The molecule has 30 heavy (non-hydrogen) atoms. The molecule has 1 N–H and O–H groups in total. The number of hydrogen-bond acceptors (Lipinski definition) is 5. The molecular weight excluding hydrogens is 400 g/mol. The molecule has 1 aromatic heterocycles. The van der Waals surface area contributed by atoms with Crippen molar-refractivity contribution in [1.82, 2.24) is 4.90 Å². The van der Waals surface area contributed by atoms with E-state index in [1.165, 1.54) is 21.1 Å². The number of thiophene rings is 1. The molecule has 0 saturated carbocycles.